The van der Waals surface area contributed by atoms with Gasteiger partial charge in [0.25, 0.3) is 5.95 Å². The van der Waals surface area contributed by atoms with Crippen LogP contribution in [0.5, 0.6) is 0 Å². The van der Waals surface area contributed by atoms with Crippen LogP contribution in [-0.2, 0) is 4.74 Å². The average Bonchev–Trinajstić information content (AvgIpc) is 1.63. The zero-order chi connectivity index (χ0) is 7.44. The van der Waals surface area contributed by atoms with Gasteiger partial charge in [-0.25, -0.2) is 4.79 Å². The second-order valence-electron chi connectivity index (χ2n) is 1.73. The third kappa shape index (κ3) is 3.40. The number of hydrogen-bond donors (Lipinski definition) is 2. The van der Waals surface area contributed by atoms with Crippen LogP contribution in [0.4, 0.5) is 4.79 Å². The highest BCUT2D eigenvalue weighted by Crippen LogP contribution is 1.98. The number of nitrogens with two attached hydrogens (primary N) is 1. The van der Waals surface area contributed by atoms with E-state index in [1.54, 1.807) is 13.8 Å². The molecule has 0 unspecified atom stereocenters. The van der Waals surface area contributed by atoms with Crippen molar-refractivity contribution in [3.05, 3.63) is 11.5 Å². The maximum absolute atomic E-state index is 9.92. The van der Waals surface area contributed by atoms with Crippen LogP contribution in [0.1, 0.15) is 13.8 Å². The molecule has 0 aromatic rings. The second-order valence-corrected chi connectivity index (χ2v) is 1.73. The minimum absolute atomic E-state index is 0.428. The van der Waals surface area contributed by atoms with Crippen molar-refractivity contribution in [3.63, 3.8) is 0 Å². The first kappa shape index (κ1) is 7.81. The van der Waals surface area contributed by atoms with Crippen LogP contribution >= 0.6 is 0 Å². The number of carbonyl (C=O) groups is 1. The molecule has 0 atom stereocenters. The topological polar surface area (TPSA) is 72.6 Å². The number of rotatable bonds is 1. The fourth-order valence-corrected chi connectivity index (χ4v) is 0.197. The second kappa shape index (κ2) is 2.96. The Labute approximate surface area is 52.9 Å². The summed E-state index contributed by atoms with van der Waals surface area (Å²) in [6, 6.07) is 0. The predicted octanol–water partition coefficient (Wildman–Crippen LogP) is 0.891. The largest absolute Gasteiger partial charge is 0.481 e. The minimum atomic E-state index is -1.01. The van der Waals surface area contributed by atoms with E-state index in [4.69, 9.17) is 5.11 Å². The van der Waals surface area contributed by atoms with E-state index in [9.17, 15) is 4.79 Å². The van der Waals surface area contributed by atoms with Gasteiger partial charge in [-0.05, 0) is 13.8 Å². The number of amides is 1. The Morgan fingerprint density at radius 3 is 2.11 bits per heavy atom. The van der Waals surface area contributed by atoms with Crippen LogP contribution in [0.15, 0.2) is 11.5 Å². The summed E-state index contributed by atoms with van der Waals surface area (Å²) in [7, 11) is 0. The number of ether oxygens (including phenoxy) is 1. The van der Waals surface area contributed by atoms with Crippen molar-refractivity contribution in [3.8, 4) is 0 Å². The standard InChI is InChI=1S/C5H9NO3/c1-3(2)4(7)9-5(6)8/h7H,1-2H3,(H2,6,8). The highest BCUT2D eigenvalue weighted by Gasteiger charge is 1.99. The van der Waals surface area contributed by atoms with E-state index in [1.165, 1.54) is 0 Å². The van der Waals surface area contributed by atoms with E-state index in [2.05, 4.69) is 10.5 Å². The molecule has 0 aliphatic carbocycles. The Kier molecular flexibility index (Phi) is 2.57. The molecule has 0 aromatic carbocycles. The third-order valence-corrected chi connectivity index (χ3v) is 0.625. The molecule has 0 saturated heterocycles. The van der Waals surface area contributed by atoms with Gasteiger partial charge in [0.05, 0.1) is 0 Å². The van der Waals surface area contributed by atoms with Crippen LogP contribution < -0.4 is 5.73 Å². The lowest BCUT2D eigenvalue weighted by atomic mass is 10.4. The SMILES string of the molecule is CC(C)=C(O)OC(N)=O. The van der Waals surface area contributed by atoms with Gasteiger partial charge >= 0.3 is 6.09 Å². The van der Waals surface area contributed by atoms with Crippen molar-refractivity contribution in [1.82, 2.24) is 0 Å². The molecule has 0 spiro atoms. The van der Waals surface area contributed by atoms with Crippen LogP contribution in [0.3, 0.4) is 0 Å². The van der Waals surface area contributed by atoms with E-state index in [-0.39, 0.29) is 0 Å². The van der Waals surface area contributed by atoms with Crippen LogP contribution in [0, 0.1) is 0 Å². The number of aliphatic hydroxyl groups is 1. The number of carbonyl (C=O) groups excluding carboxylic acids is 1. The van der Waals surface area contributed by atoms with Crippen molar-refractivity contribution in [2.24, 2.45) is 5.73 Å². The molecule has 0 aliphatic heterocycles. The quantitative estimate of drug-likeness (QED) is 0.519. The fourth-order valence-electron chi connectivity index (χ4n) is 0.197. The zero-order valence-electron chi connectivity index (χ0n) is 5.34. The molecule has 0 heterocycles. The molecule has 0 aliphatic rings. The van der Waals surface area contributed by atoms with Gasteiger partial charge in [0.2, 0.25) is 0 Å². The smallest absolute Gasteiger partial charge is 0.412 e. The molecule has 0 rings (SSSR count). The maximum Gasteiger partial charge on any atom is 0.412 e. The summed E-state index contributed by atoms with van der Waals surface area (Å²) in [6.07, 6.45) is -1.01. The van der Waals surface area contributed by atoms with Crippen molar-refractivity contribution in [2.75, 3.05) is 0 Å². The average molecular weight is 131 g/mol. The summed E-state index contributed by atoms with van der Waals surface area (Å²) in [4.78, 5) is 9.92. The molecule has 4 nitrogen and oxygen atoms in total. The van der Waals surface area contributed by atoms with Crippen molar-refractivity contribution in [2.45, 2.75) is 13.8 Å². The summed E-state index contributed by atoms with van der Waals surface area (Å²) < 4.78 is 4.09. The summed E-state index contributed by atoms with van der Waals surface area (Å²) in [6.45, 7) is 3.19. The molecule has 3 N–H and O–H groups in total. The van der Waals surface area contributed by atoms with E-state index in [0.29, 0.717) is 5.57 Å². The van der Waals surface area contributed by atoms with Gasteiger partial charge in [-0.2, -0.15) is 0 Å². The van der Waals surface area contributed by atoms with Gasteiger partial charge in [-0.1, -0.05) is 0 Å². The molecule has 52 valence electrons. The van der Waals surface area contributed by atoms with Gasteiger partial charge in [0.15, 0.2) is 0 Å². The predicted molar refractivity (Wildman–Crippen MR) is 31.7 cm³/mol. The van der Waals surface area contributed by atoms with Gasteiger partial charge in [0.1, 0.15) is 0 Å². The molecule has 4 heteroatoms. The summed E-state index contributed by atoms with van der Waals surface area (Å²) in [5, 5.41) is 8.65. The Bertz CT molecular complexity index is 146. The first-order valence-corrected chi connectivity index (χ1v) is 2.37. The highest BCUT2D eigenvalue weighted by molar-refractivity contribution is 5.65. The maximum atomic E-state index is 9.92. The van der Waals surface area contributed by atoms with E-state index in [0.717, 1.165) is 0 Å². The van der Waals surface area contributed by atoms with Gasteiger partial charge in [0, 0.05) is 5.57 Å². The molecule has 1 amide bonds. The molecule has 9 heavy (non-hydrogen) atoms. The van der Waals surface area contributed by atoms with Gasteiger partial charge < -0.3 is 15.6 Å². The van der Waals surface area contributed by atoms with Gasteiger partial charge in [-0.3, -0.25) is 0 Å². The van der Waals surface area contributed by atoms with Crippen molar-refractivity contribution in [1.29, 1.82) is 0 Å². The molecule has 0 radical (unpaired) electrons. The molecular formula is C5H9NO3. The van der Waals surface area contributed by atoms with Gasteiger partial charge in [-0.15, -0.1) is 0 Å². The lowest BCUT2D eigenvalue weighted by Crippen LogP contribution is -2.12. The van der Waals surface area contributed by atoms with Crippen LogP contribution in [0.2, 0.25) is 0 Å². The number of allylic oxidation sites excluding steroid dienone is 1. The lowest BCUT2D eigenvalue weighted by Gasteiger charge is -1.98. The number of aliphatic hydroxyl groups excluding tert-OH is 1. The normalized spacial score (nSPS) is 8.22. The van der Waals surface area contributed by atoms with Crippen LogP contribution in [-0.4, -0.2) is 11.2 Å². The summed E-state index contributed by atoms with van der Waals surface area (Å²) in [5.74, 6) is -0.428. The Balaban J connectivity index is 3.92. The zero-order valence-corrected chi connectivity index (χ0v) is 5.34. The number of hydrogen-bond acceptors (Lipinski definition) is 3. The van der Waals surface area contributed by atoms with E-state index < -0.39 is 12.0 Å². The third-order valence-electron chi connectivity index (χ3n) is 0.625. The monoisotopic (exact) mass is 131 g/mol. The van der Waals surface area contributed by atoms with Crippen LogP contribution in [0.25, 0.3) is 0 Å². The molecular weight excluding hydrogens is 122 g/mol. The molecule has 0 saturated carbocycles. The highest BCUT2D eigenvalue weighted by atomic mass is 16.6. The first-order valence-electron chi connectivity index (χ1n) is 2.37. The van der Waals surface area contributed by atoms with E-state index >= 15 is 0 Å². The summed E-state index contributed by atoms with van der Waals surface area (Å²) in [5.41, 5.74) is 5.08. The number of primary amides is 1. The molecule has 0 aromatic heterocycles. The van der Waals surface area contributed by atoms with Crippen molar-refractivity contribution >= 4 is 6.09 Å². The molecule has 0 fully saturated rings. The first-order chi connectivity index (χ1) is 4.04. The Hall–Kier alpha value is -1.19. The summed E-state index contributed by atoms with van der Waals surface area (Å²) >= 11 is 0. The Morgan fingerprint density at radius 2 is 2.00 bits per heavy atom. The van der Waals surface area contributed by atoms with E-state index in [1.807, 2.05) is 0 Å². The fraction of sp³-hybridized carbons (Fsp3) is 0.400. The lowest BCUT2D eigenvalue weighted by molar-refractivity contribution is 0.125. The minimum Gasteiger partial charge on any atom is -0.481 e. The Morgan fingerprint density at radius 1 is 1.56 bits per heavy atom. The van der Waals surface area contributed by atoms with Crippen molar-refractivity contribution < 1.29 is 14.6 Å². The molecule has 0 bridgehead atoms.